The minimum Gasteiger partial charge on any atom is -0.495 e. The minimum absolute atomic E-state index is 0.247. The van der Waals surface area contributed by atoms with Gasteiger partial charge in [0.2, 0.25) is 0 Å². The average molecular weight is 317 g/mol. The summed E-state index contributed by atoms with van der Waals surface area (Å²) in [6.07, 6.45) is 3.24. The van der Waals surface area contributed by atoms with Crippen molar-refractivity contribution in [2.45, 2.75) is 26.4 Å². The van der Waals surface area contributed by atoms with Gasteiger partial charge in [-0.1, -0.05) is 12.1 Å². The SMILES string of the molecule is COc1cnccc1[C@H](C)NC(=O)NCc1ccc(C)c(F)c1. The number of aryl methyl sites for hydroxylation is 1. The summed E-state index contributed by atoms with van der Waals surface area (Å²) in [5, 5.41) is 5.53. The Bertz CT molecular complexity index is 691. The van der Waals surface area contributed by atoms with Crippen molar-refractivity contribution in [2.24, 2.45) is 0 Å². The van der Waals surface area contributed by atoms with Crippen molar-refractivity contribution in [3.05, 3.63) is 59.2 Å². The molecule has 2 aromatic rings. The highest BCUT2D eigenvalue weighted by atomic mass is 19.1. The number of nitrogens with zero attached hydrogens (tertiary/aromatic N) is 1. The van der Waals surface area contributed by atoms with Crippen molar-refractivity contribution in [2.75, 3.05) is 7.11 Å². The molecule has 1 atom stereocenters. The Kier molecular flexibility index (Phi) is 5.51. The number of rotatable bonds is 5. The normalized spacial score (nSPS) is 11.7. The molecule has 2 rings (SSSR count). The van der Waals surface area contributed by atoms with Crippen LogP contribution >= 0.6 is 0 Å². The molecule has 0 aliphatic rings. The molecule has 0 bridgehead atoms. The van der Waals surface area contributed by atoms with Gasteiger partial charge < -0.3 is 15.4 Å². The summed E-state index contributed by atoms with van der Waals surface area (Å²) in [5.41, 5.74) is 2.12. The molecule has 23 heavy (non-hydrogen) atoms. The molecule has 0 fully saturated rings. The van der Waals surface area contributed by atoms with Gasteiger partial charge in [-0.25, -0.2) is 9.18 Å². The molecular weight excluding hydrogens is 297 g/mol. The zero-order chi connectivity index (χ0) is 16.8. The maximum atomic E-state index is 13.5. The van der Waals surface area contributed by atoms with E-state index in [9.17, 15) is 9.18 Å². The van der Waals surface area contributed by atoms with E-state index >= 15 is 0 Å². The van der Waals surface area contributed by atoms with Gasteiger partial charge in [0.25, 0.3) is 0 Å². The summed E-state index contributed by atoms with van der Waals surface area (Å²) in [6.45, 7) is 3.80. The molecule has 0 radical (unpaired) electrons. The zero-order valence-corrected chi connectivity index (χ0v) is 13.4. The Balaban J connectivity index is 1.92. The molecule has 1 heterocycles. The van der Waals surface area contributed by atoms with E-state index in [1.807, 2.05) is 6.92 Å². The molecule has 6 heteroatoms. The lowest BCUT2D eigenvalue weighted by Gasteiger charge is -2.17. The van der Waals surface area contributed by atoms with Crippen molar-refractivity contribution >= 4 is 6.03 Å². The van der Waals surface area contributed by atoms with Crippen LogP contribution in [-0.4, -0.2) is 18.1 Å². The topological polar surface area (TPSA) is 63.2 Å². The lowest BCUT2D eigenvalue weighted by molar-refractivity contribution is 0.237. The van der Waals surface area contributed by atoms with Gasteiger partial charge in [0.15, 0.2) is 0 Å². The second-order valence-electron chi connectivity index (χ2n) is 5.25. The summed E-state index contributed by atoms with van der Waals surface area (Å²) in [5.74, 6) is 0.334. The van der Waals surface area contributed by atoms with Crippen molar-refractivity contribution in [1.29, 1.82) is 0 Å². The lowest BCUT2D eigenvalue weighted by atomic mass is 10.1. The van der Waals surface area contributed by atoms with E-state index in [-0.39, 0.29) is 24.4 Å². The number of pyridine rings is 1. The van der Waals surface area contributed by atoms with Crippen molar-refractivity contribution in [1.82, 2.24) is 15.6 Å². The van der Waals surface area contributed by atoms with Crippen LogP contribution in [0.4, 0.5) is 9.18 Å². The third-order valence-corrected chi connectivity index (χ3v) is 3.54. The molecule has 2 N–H and O–H groups in total. The van der Waals surface area contributed by atoms with E-state index in [0.717, 1.165) is 5.56 Å². The van der Waals surface area contributed by atoms with E-state index in [0.29, 0.717) is 16.9 Å². The van der Waals surface area contributed by atoms with Crippen LogP contribution in [0.1, 0.15) is 29.7 Å². The minimum atomic E-state index is -0.336. The number of carbonyl (C=O) groups is 1. The van der Waals surface area contributed by atoms with Crippen LogP contribution in [0, 0.1) is 12.7 Å². The number of halogens is 1. The fraction of sp³-hybridized carbons (Fsp3) is 0.294. The fourth-order valence-electron chi connectivity index (χ4n) is 2.17. The highest BCUT2D eigenvalue weighted by Gasteiger charge is 2.13. The van der Waals surface area contributed by atoms with Crippen LogP contribution in [0.25, 0.3) is 0 Å². The van der Waals surface area contributed by atoms with Gasteiger partial charge in [-0.3, -0.25) is 4.98 Å². The highest BCUT2D eigenvalue weighted by Crippen LogP contribution is 2.23. The number of hydrogen-bond acceptors (Lipinski definition) is 3. The number of benzene rings is 1. The summed E-state index contributed by atoms with van der Waals surface area (Å²) in [7, 11) is 1.55. The van der Waals surface area contributed by atoms with E-state index in [2.05, 4.69) is 15.6 Å². The molecule has 2 amide bonds. The third kappa shape index (κ3) is 4.42. The first kappa shape index (κ1) is 16.7. The summed E-state index contributed by atoms with van der Waals surface area (Å²) >= 11 is 0. The second-order valence-corrected chi connectivity index (χ2v) is 5.25. The number of carbonyl (C=O) groups excluding carboxylic acids is 1. The van der Waals surface area contributed by atoms with Crippen molar-refractivity contribution in [3.63, 3.8) is 0 Å². The number of hydrogen-bond donors (Lipinski definition) is 2. The second kappa shape index (κ2) is 7.58. The number of nitrogens with one attached hydrogen (secondary N) is 2. The van der Waals surface area contributed by atoms with Crippen LogP contribution in [-0.2, 0) is 6.54 Å². The first-order chi connectivity index (χ1) is 11.0. The first-order valence-electron chi connectivity index (χ1n) is 7.28. The Morgan fingerprint density at radius 3 is 2.87 bits per heavy atom. The summed E-state index contributed by atoms with van der Waals surface area (Å²) in [4.78, 5) is 16.0. The molecule has 0 spiro atoms. The number of ether oxygens (including phenoxy) is 1. The van der Waals surface area contributed by atoms with Crippen molar-refractivity contribution in [3.8, 4) is 5.75 Å². The predicted molar refractivity (Wildman–Crippen MR) is 85.7 cm³/mol. The number of methoxy groups -OCH3 is 1. The van der Waals surface area contributed by atoms with Crippen LogP contribution in [0.15, 0.2) is 36.7 Å². The van der Waals surface area contributed by atoms with Crippen LogP contribution in [0.3, 0.4) is 0 Å². The standard InChI is InChI=1S/C17H20FN3O2/c1-11-4-5-13(8-15(11)18)9-20-17(22)21-12(2)14-6-7-19-10-16(14)23-3/h4-8,10,12H,9H2,1-3H3,(H2,20,21,22)/t12-/m0/s1. The number of aromatic nitrogens is 1. The first-order valence-corrected chi connectivity index (χ1v) is 7.28. The van der Waals surface area contributed by atoms with Gasteiger partial charge in [-0.2, -0.15) is 0 Å². The Morgan fingerprint density at radius 1 is 1.39 bits per heavy atom. The molecule has 122 valence electrons. The Labute approximate surface area is 134 Å². The molecule has 0 aliphatic heterocycles. The van der Waals surface area contributed by atoms with Crippen LogP contribution in [0.2, 0.25) is 0 Å². The molecule has 0 saturated heterocycles. The van der Waals surface area contributed by atoms with Gasteiger partial charge >= 0.3 is 6.03 Å². The van der Waals surface area contributed by atoms with Gasteiger partial charge in [-0.05, 0) is 37.1 Å². The molecular formula is C17H20FN3O2. The Morgan fingerprint density at radius 2 is 2.17 bits per heavy atom. The van der Waals surface area contributed by atoms with Gasteiger partial charge in [-0.15, -0.1) is 0 Å². The zero-order valence-electron chi connectivity index (χ0n) is 13.4. The predicted octanol–water partition coefficient (Wildman–Crippen LogP) is 3.10. The van der Waals surface area contributed by atoms with Gasteiger partial charge in [0, 0.05) is 18.3 Å². The quantitative estimate of drug-likeness (QED) is 0.890. The average Bonchev–Trinajstić information content (AvgIpc) is 2.55. The third-order valence-electron chi connectivity index (χ3n) is 3.54. The molecule has 1 aromatic carbocycles. The maximum Gasteiger partial charge on any atom is 0.315 e. The van der Waals surface area contributed by atoms with E-state index in [4.69, 9.17) is 4.74 Å². The molecule has 0 aliphatic carbocycles. The molecule has 1 aromatic heterocycles. The number of urea groups is 1. The van der Waals surface area contributed by atoms with E-state index < -0.39 is 0 Å². The summed E-state index contributed by atoms with van der Waals surface area (Å²) < 4.78 is 18.7. The highest BCUT2D eigenvalue weighted by molar-refractivity contribution is 5.74. The van der Waals surface area contributed by atoms with Gasteiger partial charge in [0.05, 0.1) is 19.3 Å². The van der Waals surface area contributed by atoms with Crippen LogP contribution in [0.5, 0.6) is 5.75 Å². The molecule has 0 saturated carbocycles. The van der Waals surface area contributed by atoms with E-state index in [1.54, 1.807) is 44.6 Å². The maximum absolute atomic E-state index is 13.5. The lowest BCUT2D eigenvalue weighted by Crippen LogP contribution is -2.36. The summed E-state index contributed by atoms with van der Waals surface area (Å²) in [6, 6.07) is 6.10. The van der Waals surface area contributed by atoms with E-state index in [1.165, 1.54) is 6.07 Å². The number of amides is 2. The Hall–Kier alpha value is -2.63. The van der Waals surface area contributed by atoms with Gasteiger partial charge in [0.1, 0.15) is 11.6 Å². The monoisotopic (exact) mass is 317 g/mol. The molecule has 5 nitrogen and oxygen atoms in total. The van der Waals surface area contributed by atoms with Crippen LogP contribution < -0.4 is 15.4 Å². The smallest absolute Gasteiger partial charge is 0.315 e. The fourth-order valence-corrected chi connectivity index (χ4v) is 2.17. The molecule has 0 unspecified atom stereocenters. The largest absolute Gasteiger partial charge is 0.495 e. The van der Waals surface area contributed by atoms with Crippen molar-refractivity contribution < 1.29 is 13.9 Å².